The molecule has 7 heteroatoms. The predicted molar refractivity (Wildman–Crippen MR) is 80.2 cm³/mol. The average molecular weight is 304 g/mol. The van der Waals surface area contributed by atoms with Gasteiger partial charge in [0.25, 0.3) is 0 Å². The maximum Gasteiger partial charge on any atom is 0.215 e. The number of halogens is 1. The topological polar surface area (TPSA) is 70.6 Å². The van der Waals surface area contributed by atoms with E-state index in [1.54, 1.807) is 30.5 Å². The number of anilines is 1. The van der Waals surface area contributed by atoms with Crippen LogP contribution in [-0.2, 0) is 15.8 Å². The number of nitrogens with one attached hydrogen (secondary N) is 2. The van der Waals surface area contributed by atoms with Crippen LogP contribution in [-0.4, -0.2) is 27.6 Å². The average Bonchev–Trinajstić information content (AvgIpc) is 2.40. The van der Waals surface area contributed by atoms with Gasteiger partial charge in [-0.2, -0.15) is 5.10 Å². The first kappa shape index (κ1) is 15.9. The molecule has 19 heavy (non-hydrogen) atoms. The molecule has 1 rings (SSSR count). The summed E-state index contributed by atoms with van der Waals surface area (Å²) in [4.78, 5) is 0. The van der Waals surface area contributed by atoms with Crippen LogP contribution in [0.25, 0.3) is 0 Å². The van der Waals surface area contributed by atoms with Gasteiger partial charge in [0.1, 0.15) is 0 Å². The number of sulfonamides is 1. The molecule has 0 fully saturated rings. The summed E-state index contributed by atoms with van der Waals surface area (Å²) in [6.07, 6.45) is 3.49. The summed E-state index contributed by atoms with van der Waals surface area (Å²) in [7, 11) is -1.82. The minimum absolute atomic E-state index is 0.0250. The van der Waals surface area contributed by atoms with Crippen LogP contribution >= 0.6 is 11.6 Å². The molecule has 0 aliphatic carbocycles. The maximum absolute atomic E-state index is 11.4. The third-order valence-corrected chi connectivity index (χ3v) is 3.98. The van der Waals surface area contributed by atoms with Crippen LogP contribution in [0.5, 0.6) is 0 Å². The number of nitrogens with zero attached hydrogens (tertiary/aromatic N) is 1. The lowest BCUT2D eigenvalue weighted by Gasteiger charge is -2.04. The second-order valence-corrected chi connectivity index (χ2v) is 6.22. The zero-order chi connectivity index (χ0) is 14.1. The Kier molecular flexibility index (Phi) is 6.83. The van der Waals surface area contributed by atoms with Gasteiger partial charge in [0, 0.05) is 12.1 Å². The van der Waals surface area contributed by atoms with Gasteiger partial charge < -0.3 is 0 Å². The molecule has 1 aromatic rings. The van der Waals surface area contributed by atoms with Crippen LogP contribution in [0.4, 0.5) is 5.69 Å². The number of unbranched alkanes of at least 4 members (excludes halogenated alkanes) is 1. The molecular formula is C12H18ClN3O2S. The lowest BCUT2D eigenvalue weighted by atomic mass is 10.2. The summed E-state index contributed by atoms with van der Waals surface area (Å²) in [5.41, 5.74) is 4.41. The Morgan fingerprint density at radius 3 is 2.58 bits per heavy atom. The van der Waals surface area contributed by atoms with Crippen molar-refractivity contribution in [2.45, 2.75) is 18.6 Å². The van der Waals surface area contributed by atoms with E-state index < -0.39 is 10.0 Å². The highest BCUT2D eigenvalue weighted by Crippen LogP contribution is 2.11. The van der Waals surface area contributed by atoms with Gasteiger partial charge in [-0.3, -0.25) is 5.43 Å². The zero-order valence-electron chi connectivity index (χ0n) is 10.8. The van der Waals surface area contributed by atoms with E-state index >= 15 is 0 Å². The van der Waals surface area contributed by atoms with Gasteiger partial charge >= 0.3 is 0 Å². The van der Waals surface area contributed by atoms with Gasteiger partial charge in [-0.1, -0.05) is 12.1 Å². The second kappa shape index (κ2) is 8.14. The molecule has 0 aliphatic heterocycles. The Morgan fingerprint density at radius 1 is 1.32 bits per heavy atom. The van der Waals surface area contributed by atoms with E-state index in [1.807, 2.05) is 0 Å². The molecule has 1 aromatic carbocycles. The van der Waals surface area contributed by atoms with Gasteiger partial charge in [0.15, 0.2) is 0 Å². The third kappa shape index (κ3) is 6.56. The molecule has 2 N–H and O–H groups in total. The molecule has 106 valence electrons. The fourth-order valence-corrected chi connectivity index (χ4v) is 2.25. The maximum atomic E-state index is 11.4. The lowest BCUT2D eigenvalue weighted by Crippen LogP contribution is -2.20. The van der Waals surface area contributed by atoms with Crippen molar-refractivity contribution in [3.63, 3.8) is 0 Å². The van der Waals surface area contributed by atoms with Crippen LogP contribution in [0.15, 0.2) is 29.4 Å². The number of hydrogen-bond acceptors (Lipinski definition) is 4. The van der Waals surface area contributed by atoms with Crippen LogP contribution in [0.3, 0.4) is 0 Å². The minimum Gasteiger partial charge on any atom is -0.279 e. The van der Waals surface area contributed by atoms with Gasteiger partial charge in [-0.15, -0.1) is 11.6 Å². The molecule has 0 amide bonds. The summed E-state index contributed by atoms with van der Waals surface area (Å²) in [6.45, 7) is 0. The SMILES string of the molecule is CNS(=O)(=O)Cc1ccc(N/N=C/CCCCl)cc1. The largest absolute Gasteiger partial charge is 0.279 e. The molecule has 0 spiro atoms. The van der Waals surface area contributed by atoms with Crippen LogP contribution in [0, 0.1) is 0 Å². The Morgan fingerprint density at radius 2 is 2.00 bits per heavy atom. The Hall–Kier alpha value is -1.11. The minimum atomic E-state index is -3.23. The molecule has 0 saturated carbocycles. The molecule has 0 heterocycles. The first-order valence-electron chi connectivity index (χ1n) is 5.91. The first-order valence-corrected chi connectivity index (χ1v) is 8.10. The predicted octanol–water partition coefficient (Wildman–Crippen LogP) is 2.15. The fourth-order valence-electron chi connectivity index (χ4n) is 1.32. The number of alkyl halides is 1. The molecular weight excluding hydrogens is 286 g/mol. The van der Waals surface area contributed by atoms with Crippen molar-refractivity contribution in [1.29, 1.82) is 0 Å². The Labute approximate surface area is 119 Å². The summed E-state index contributed by atoms with van der Waals surface area (Å²) < 4.78 is 25.0. The molecule has 5 nitrogen and oxygen atoms in total. The molecule has 0 radical (unpaired) electrons. The Bertz CT molecular complexity index is 500. The molecule has 0 saturated heterocycles. The Balaban J connectivity index is 2.50. The van der Waals surface area contributed by atoms with E-state index in [1.165, 1.54) is 7.05 Å². The van der Waals surface area contributed by atoms with Gasteiger partial charge in [-0.05, 0) is 37.6 Å². The third-order valence-electron chi connectivity index (χ3n) is 2.37. The van der Waals surface area contributed by atoms with Crippen LogP contribution in [0.2, 0.25) is 0 Å². The molecule has 0 bridgehead atoms. The van der Waals surface area contributed by atoms with Crippen molar-refractivity contribution in [2.24, 2.45) is 5.10 Å². The fraction of sp³-hybridized carbons (Fsp3) is 0.417. The van der Waals surface area contributed by atoms with Crippen LogP contribution < -0.4 is 10.1 Å². The van der Waals surface area contributed by atoms with Gasteiger partial charge in [-0.25, -0.2) is 13.1 Å². The molecule has 0 aliphatic rings. The normalized spacial score (nSPS) is 11.9. The van der Waals surface area contributed by atoms with Gasteiger partial charge in [0.2, 0.25) is 10.0 Å². The number of hydrazone groups is 1. The van der Waals surface area contributed by atoms with Crippen molar-refractivity contribution in [3.8, 4) is 0 Å². The number of rotatable bonds is 8. The van der Waals surface area contributed by atoms with Gasteiger partial charge in [0.05, 0.1) is 11.4 Å². The van der Waals surface area contributed by atoms with E-state index in [0.717, 1.165) is 24.1 Å². The highest BCUT2D eigenvalue weighted by atomic mass is 35.5. The number of hydrogen-bond donors (Lipinski definition) is 2. The first-order chi connectivity index (χ1) is 9.07. The van der Waals surface area contributed by atoms with Crippen molar-refractivity contribution < 1.29 is 8.42 Å². The lowest BCUT2D eigenvalue weighted by molar-refractivity contribution is 0.587. The molecule has 0 atom stereocenters. The number of benzene rings is 1. The summed E-state index contributed by atoms with van der Waals surface area (Å²) in [5, 5.41) is 4.04. The van der Waals surface area contributed by atoms with E-state index in [0.29, 0.717) is 5.88 Å². The summed E-state index contributed by atoms with van der Waals surface area (Å²) in [6, 6.07) is 7.09. The van der Waals surface area contributed by atoms with E-state index in [4.69, 9.17) is 11.6 Å². The van der Waals surface area contributed by atoms with E-state index in [9.17, 15) is 8.42 Å². The smallest absolute Gasteiger partial charge is 0.215 e. The van der Waals surface area contributed by atoms with Crippen molar-refractivity contribution in [3.05, 3.63) is 29.8 Å². The van der Waals surface area contributed by atoms with E-state index in [2.05, 4.69) is 15.2 Å². The second-order valence-electron chi connectivity index (χ2n) is 3.91. The summed E-state index contributed by atoms with van der Waals surface area (Å²) >= 11 is 5.54. The van der Waals surface area contributed by atoms with Crippen LogP contribution in [0.1, 0.15) is 18.4 Å². The standard InChI is InChI=1S/C12H18ClN3O2S/c1-14-19(17,18)10-11-4-6-12(7-5-11)16-15-9-3-2-8-13/h4-7,9,14,16H,2-3,8,10H2,1H3/b15-9+. The van der Waals surface area contributed by atoms with Crippen molar-refractivity contribution >= 4 is 33.5 Å². The molecule has 0 aromatic heterocycles. The van der Waals surface area contributed by atoms with E-state index in [-0.39, 0.29) is 5.75 Å². The molecule has 0 unspecified atom stereocenters. The highest BCUT2D eigenvalue weighted by molar-refractivity contribution is 7.88. The van der Waals surface area contributed by atoms with Crippen molar-refractivity contribution in [1.82, 2.24) is 4.72 Å². The quantitative estimate of drug-likeness (QED) is 0.334. The zero-order valence-corrected chi connectivity index (χ0v) is 12.3. The highest BCUT2D eigenvalue weighted by Gasteiger charge is 2.07. The summed E-state index contributed by atoms with van der Waals surface area (Å²) in [5.74, 6) is 0.601. The van der Waals surface area contributed by atoms with Crippen molar-refractivity contribution in [2.75, 3.05) is 18.4 Å². The monoisotopic (exact) mass is 303 g/mol.